The number of benzene rings is 1. The zero-order valence-corrected chi connectivity index (χ0v) is 20.3. The van der Waals surface area contributed by atoms with Gasteiger partial charge in [-0.15, -0.1) is 0 Å². The van der Waals surface area contributed by atoms with E-state index in [4.69, 9.17) is 10.5 Å². The Morgan fingerprint density at radius 3 is 2.18 bits per heavy atom. The van der Waals surface area contributed by atoms with Crippen molar-refractivity contribution in [1.82, 2.24) is 16.0 Å². The SMILES string of the molecule is CC(C)C[C@H](N[C@H](C#N)[C@H](Cc1ccccc1)NC(=O)OC(C)(C)C)C(=O)N[C@@H](C)C(N)=O. The van der Waals surface area contributed by atoms with Crippen LogP contribution in [0.15, 0.2) is 30.3 Å². The molecule has 9 heteroatoms. The topological polar surface area (TPSA) is 146 Å². The van der Waals surface area contributed by atoms with Crippen molar-refractivity contribution in [2.24, 2.45) is 11.7 Å². The second-order valence-electron chi connectivity index (χ2n) is 9.53. The summed E-state index contributed by atoms with van der Waals surface area (Å²) in [5, 5.41) is 18.4. The lowest BCUT2D eigenvalue weighted by Gasteiger charge is -2.30. The lowest BCUT2D eigenvalue weighted by atomic mass is 9.97. The first-order valence-electron chi connectivity index (χ1n) is 11.1. The molecule has 5 N–H and O–H groups in total. The Labute approximate surface area is 196 Å². The Morgan fingerprint density at radius 2 is 1.70 bits per heavy atom. The molecule has 1 rings (SSSR count). The molecule has 0 heterocycles. The molecule has 1 aromatic rings. The molecule has 182 valence electrons. The molecule has 0 aliphatic heterocycles. The molecule has 0 radical (unpaired) electrons. The molecule has 0 aliphatic rings. The Balaban J connectivity index is 3.13. The van der Waals surface area contributed by atoms with Crippen LogP contribution in [-0.2, 0) is 20.7 Å². The summed E-state index contributed by atoms with van der Waals surface area (Å²) in [4.78, 5) is 36.7. The number of hydrogen-bond acceptors (Lipinski definition) is 6. The average Bonchev–Trinajstić information content (AvgIpc) is 2.69. The van der Waals surface area contributed by atoms with Crippen LogP contribution in [0.2, 0.25) is 0 Å². The van der Waals surface area contributed by atoms with E-state index in [0.29, 0.717) is 12.8 Å². The molecule has 0 aliphatic carbocycles. The molecule has 0 fully saturated rings. The van der Waals surface area contributed by atoms with Crippen LogP contribution < -0.4 is 21.7 Å². The molecular weight excluding hydrogens is 422 g/mol. The second kappa shape index (κ2) is 12.8. The Kier molecular flexibility index (Phi) is 10.8. The number of alkyl carbamates (subject to hydrolysis) is 1. The van der Waals surface area contributed by atoms with E-state index in [2.05, 4.69) is 22.0 Å². The molecular formula is C24H37N5O4. The van der Waals surface area contributed by atoms with Crippen LogP contribution in [0, 0.1) is 17.2 Å². The van der Waals surface area contributed by atoms with Gasteiger partial charge >= 0.3 is 6.09 Å². The second-order valence-corrected chi connectivity index (χ2v) is 9.53. The third-order valence-electron chi connectivity index (χ3n) is 4.73. The maximum atomic E-state index is 12.8. The van der Waals surface area contributed by atoms with E-state index in [1.807, 2.05) is 44.2 Å². The summed E-state index contributed by atoms with van der Waals surface area (Å²) in [6, 6.07) is 8.37. The summed E-state index contributed by atoms with van der Waals surface area (Å²) in [5.41, 5.74) is 5.47. The standard InChI is InChI=1S/C24H37N5O4/c1-15(2)12-19(22(31)27-16(3)21(26)30)28-20(14-25)18(13-17-10-8-7-9-11-17)29-23(32)33-24(4,5)6/h7-11,15-16,18-20,28H,12-13H2,1-6H3,(H2,26,30)(H,27,31)(H,29,32)/t16-,18-,19-,20+/m0/s1. The summed E-state index contributed by atoms with van der Waals surface area (Å²) in [6.07, 6.45) is 0.108. The quantitative estimate of drug-likeness (QED) is 0.398. The number of rotatable bonds is 11. The number of nitrogens with one attached hydrogen (secondary N) is 3. The number of ether oxygens (including phenoxy) is 1. The summed E-state index contributed by atoms with van der Waals surface area (Å²) >= 11 is 0. The number of hydrogen-bond donors (Lipinski definition) is 4. The third-order valence-corrected chi connectivity index (χ3v) is 4.73. The first kappa shape index (κ1) is 27.9. The maximum Gasteiger partial charge on any atom is 0.407 e. The fourth-order valence-electron chi connectivity index (χ4n) is 3.15. The van der Waals surface area contributed by atoms with Crippen molar-refractivity contribution >= 4 is 17.9 Å². The van der Waals surface area contributed by atoms with Crippen LogP contribution in [0.3, 0.4) is 0 Å². The molecule has 0 unspecified atom stereocenters. The number of amides is 3. The average molecular weight is 460 g/mol. The smallest absolute Gasteiger partial charge is 0.407 e. The summed E-state index contributed by atoms with van der Waals surface area (Å²) < 4.78 is 5.38. The van der Waals surface area contributed by atoms with Gasteiger partial charge in [0.05, 0.1) is 18.2 Å². The van der Waals surface area contributed by atoms with Crippen LogP contribution in [0.25, 0.3) is 0 Å². The minimum atomic E-state index is -0.906. The molecule has 3 amide bonds. The zero-order chi connectivity index (χ0) is 25.2. The van der Waals surface area contributed by atoms with Crippen molar-refractivity contribution in [2.75, 3.05) is 0 Å². The summed E-state index contributed by atoms with van der Waals surface area (Å²) in [6.45, 7) is 10.6. The molecule has 0 saturated carbocycles. The van der Waals surface area contributed by atoms with Gasteiger partial charge in [0.2, 0.25) is 11.8 Å². The predicted octanol–water partition coefficient (Wildman–Crippen LogP) is 2.01. The number of nitrogens with zero attached hydrogens (tertiary/aromatic N) is 1. The Bertz CT molecular complexity index is 829. The lowest BCUT2D eigenvalue weighted by Crippen LogP contribution is -2.58. The molecule has 0 bridgehead atoms. The van der Waals surface area contributed by atoms with Gasteiger partial charge in [-0.05, 0) is 52.0 Å². The Morgan fingerprint density at radius 1 is 1.09 bits per heavy atom. The number of carbonyl (C=O) groups is 3. The highest BCUT2D eigenvalue weighted by atomic mass is 16.6. The van der Waals surface area contributed by atoms with Gasteiger partial charge < -0.3 is 21.1 Å². The van der Waals surface area contributed by atoms with Gasteiger partial charge in [0.1, 0.15) is 17.7 Å². The highest BCUT2D eigenvalue weighted by molar-refractivity contribution is 5.88. The molecule has 0 aromatic heterocycles. The molecule has 4 atom stereocenters. The molecule has 9 nitrogen and oxygen atoms in total. The van der Waals surface area contributed by atoms with Crippen molar-refractivity contribution in [3.63, 3.8) is 0 Å². The van der Waals surface area contributed by atoms with Crippen molar-refractivity contribution in [3.8, 4) is 6.07 Å². The van der Waals surface area contributed by atoms with E-state index in [9.17, 15) is 19.6 Å². The normalized spacial score (nSPS) is 15.0. The summed E-state index contributed by atoms with van der Waals surface area (Å²) in [5.74, 6) is -0.967. The monoisotopic (exact) mass is 459 g/mol. The molecule has 1 aromatic carbocycles. The fraction of sp³-hybridized carbons (Fsp3) is 0.583. The first-order chi connectivity index (χ1) is 15.3. The highest BCUT2D eigenvalue weighted by Crippen LogP contribution is 2.13. The van der Waals surface area contributed by atoms with Gasteiger partial charge in [-0.1, -0.05) is 44.2 Å². The van der Waals surface area contributed by atoms with Crippen molar-refractivity contribution in [1.29, 1.82) is 5.26 Å². The van der Waals surface area contributed by atoms with Gasteiger partial charge in [0.25, 0.3) is 0 Å². The fourth-order valence-corrected chi connectivity index (χ4v) is 3.15. The minimum Gasteiger partial charge on any atom is -0.444 e. The zero-order valence-electron chi connectivity index (χ0n) is 20.3. The van der Waals surface area contributed by atoms with E-state index < -0.39 is 47.7 Å². The number of nitriles is 1. The van der Waals surface area contributed by atoms with Crippen LogP contribution in [0.4, 0.5) is 4.79 Å². The third kappa shape index (κ3) is 10.8. The van der Waals surface area contributed by atoms with Crippen LogP contribution >= 0.6 is 0 Å². The van der Waals surface area contributed by atoms with E-state index >= 15 is 0 Å². The largest absolute Gasteiger partial charge is 0.444 e. The van der Waals surface area contributed by atoms with Crippen LogP contribution in [0.1, 0.15) is 53.5 Å². The van der Waals surface area contributed by atoms with E-state index in [0.717, 1.165) is 5.56 Å². The van der Waals surface area contributed by atoms with Crippen molar-refractivity contribution in [2.45, 2.75) is 84.2 Å². The number of carbonyl (C=O) groups excluding carboxylic acids is 3. The van der Waals surface area contributed by atoms with Crippen molar-refractivity contribution < 1.29 is 19.1 Å². The van der Waals surface area contributed by atoms with Crippen LogP contribution in [0.5, 0.6) is 0 Å². The molecule has 0 spiro atoms. The van der Waals surface area contributed by atoms with E-state index in [1.54, 1.807) is 20.8 Å². The molecule has 33 heavy (non-hydrogen) atoms. The number of primary amides is 1. The minimum absolute atomic E-state index is 0.128. The first-order valence-corrected chi connectivity index (χ1v) is 11.1. The summed E-state index contributed by atoms with van der Waals surface area (Å²) in [7, 11) is 0. The Hall–Kier alpha value is -3.12. The molecule has 0 saturated heterocycles. The van der Waals surface area contributed by atoms with Gasteiger partial charge in [0, 0.05) is 0 Å². The maximum absolute atomic E-state index is 12.8. The van der Waals surface area contributed by atoms with Crippen molar-refractivity contribution in [3.05, 3.63) is 35.9 Å². The van der Waals surface area contributed by atoms with E-state index in [1.165, 1.54) is 6.92 Å². The van der Waals surface area contributed by atoms with Gasteiger partial charge in [-0.2, -0.15) is 5.26 Å². The van der Waals surface area contributed by atoms with Gasteiger partial charge in [-0.3, -0.25) is 14.9 Å². The number of nitrogens with two attached hydrogens (primary N) is 1. The van der Waals surface area contributed by atoms with Gasteiger partial charge in [-0.25, -0.2) is 4.79 Å². The highest BCUT2D eigenvalue weighted by Gasteiger charge is 2.31. The predicted molar refractivity (Wildman–Crippen MR) is 126 cm³/mol. The van der Waals surface area contributed by atoms with Crippen LogP contribution in [-0.4, -0.2) is 47.7 Å². The lowest BCUT2D eigenvalue weighted by molar-refractivity contribution is -0.128. The van der Waals surface area contributed by atoms with Gasteiger partial charge in [0.15, 0.2) is 0 Å². The van der Waals surface area contributed by atoms with E-state index in [-0.39, 0.29) is 5.92 Å².